The molecule has 1 unspecified atom stereocenters. The molecule has 6 heteroatoms. The summed E-state index contributed by atoms with van der Waals surface area (Å²) in [5, 5.41) is 17.8. The van der Waals surface area contributed by atoms with Crippen LogP contribution in [0.4, 0.5) is 0 Å². The number of carbonyl (C=O) groups is 3. The molecule has 2 N–H and O–H groups in total. The first kappa shape index (κ1) is 19.5. The summed E-state index contributed by atoms with van der Waals surface area (Å²) in [5.41, 5.74) is 0. The van der Waals surface area contributed by atoms with E-state index in [2.05, 4.69) is 6.92 Å². The zero-order valence-corrected chi connectivity index (χ0v) is 13.8. The molecule has 0 amide bonds. The van der Waals surface area contributed by atoms with E-state index in [4.69, 9.17) is 9.84 Å². The summed E-state index contributed by atoms with van der Waals surface area (Å²) in [6, 6.07) is 0. The van der Waals surface area contributed by atoms with Crippen molar-refractivity contribution in [2.75, 3.05) is 6.61 Å². The number of rotatable bonds is 10. The summed E-state index contributed by atoms with van der Waals surface area (Å²) < 4.78 is 5.26. The molecule has 0 heterocycles. The molecule has 3 atom stereocenters. The molecule has 1 rings (SSSR count). The first-order chi connectivity index (χ1) is 10.9. The Balaban J connectivity index is 2.20. The predicted octanol–water partition coefficient (Wildman–Crippen LogP) is 3.09. The van der Waals surface area contributed by atoms with Gasteiger partial charge in [0.2, 0.25) is 0 Å². The molecule has 23 heavy (non-hydrogen) atoms. The molecular weight excluding hydrogens is 300 g/mol. The standard InChI is InChI=1S/C17H28O6/c1-12(6-4-10-15(18)19)7-5-11-23-17(22)14-9-3-2-8-13(14)16(20)21/h12-14H,2-11H2,1H3,(H,18,19)(H,20,21)/t12?,13-,14+/m1/s1. The number of esters is 1. The number of aliphatic carboxylic acids is 2. The van der Waals surface area contributed by atoms with E-state index in [1.807, 2.05) is 0 Å². The molecular formula is C17H28O6. The minimum atomic E-state index is -0.904. The molecule has 1 fully saturated rings. The van der Waals surface area contributed by atoms with Gasteiger partial charge in [-0.15, -0.1) is 0 Å². The summed E-state index contributed by atoms with van der Waals surface area (Å²) in [7, 11) is 0. The lowest BCUT2D eigenvalue weighted by Gasteiger charge is -2.26. The average Bonchev–Trinajstić information content (AvgIpc) is 2.51. The van der Waals surface area contributed by atoms with E-state index in [9.17, 15) is 19.5 Å². The second kappa shape index (κ2) is 10.2. The lowest BCUT2D eigenvalue weighted by atomic mass is 9.79. The van der Waals surface area contributed by atoms with Crippen LogP contribution in [0.25, 0.3) is 0 Å². The molecule has 0 aromatic rings. The maximum Gasteiger partial charge on any atom is 0.309 e. The lowest BCUT2D eigenvalue weighted by Crippen LogP contribution is -2.34. The van der Waals surface area contributed by atoms with Crippen molar-refractivity contribution < 1.29 is 29.3 Å². The number of carboxylic acid groups (broad SMARTS) is 2. The van der Waals surface area contributed by atoms with Crippen molar-refractivity contribution in [1.82, 2.24) is 0 Å². The third-order valence-corrected chi connectivity index (χ3v) is 4.56. The number of ether oxygens (including phenoxy) is 1. The zero-order valence-electron chi connectivity index (χ0n) is 13.8. The summed E-state index contributed by atoms with van der Waals surface area (Å²) in [4.78, 5) is 33.7. The topological polar surface area (TPSA) is 101 Å². The van der Waals surface area contributed by atoms with Crippen molar-refractivity contribution in [3.8, 4) is 0 Å². The Kier molecular flexibility index (Phi) is 8.66. The number of hydrogen-bond acceptors (Lipinski definition) is 4. The van der Waals surface area contributed by atoms with E-state index in [-0.39, 0.29) is 12.4 Å². The highest BCUT2D eigenvalue weighted by Gasteiger charge is 2.36. The Morgan fingerprint density at radius 3 is 2.26 bits per heavy atom. The predicted molar refractivity (Wildman–Crippen MR) is 83.9 cm³/mol. The molecule has 1 saturated carbocycles. The Morgan fingerprint density at radius 1 is 1.04 bits per heavy atom. The molecule has 1 aliphatic rings. The molecule has 0 spiro atoms. The van der Waals surface area contributed by atoms with Gasteiger partial charge in [-0.1, -0.05) is 26.2 Å². The fourth-order valence-corrected chi connectivity index (χ4v) is 3.17. The van der Waals surface area contributed by atoms with Crippen LogP contribution in [0.5, 0.6) is 0 Å². The molecule has 0 aromatic carbocycles. The van der Waals surface area contributed by atoms with Gasteiger partial charge >= 0.3 is 17.9 Å². The van der Waals surface area contributed by atoms with E-state index >= 15 is 0 Å². The van der Waals surface area contributed by atoms with Crippen LogP contribution in [0.1, 0.15) is 64.7 Å². The normalized spacial score (nSPS) is 22.3. The van der Waals surface area contributed by atoms with Crippen LogP contribution in [0.2, 0.25) is 0 Å². The first-order valence-electron chi connectivity index (χ1n) is 8.53. The lowest BCUT2D eigenvalue weighted by molar-refractivity contribution is -0.159. The van der Waals surface area contributed by atoms with Gasteiger partial charge < -0.3 is 14.9 Å². The van der Waals surface area contributed by atoms with Gasteiger partial charge in [0, 0.05) is 6.42 Å². The fraction of sp³-hybridized carbons (Fsp3) is 0.824. The van der Waals surface area contributed by atoms with Crippen LogP contribution in [0.15, 0.2) is 0 Å². The molecule has 132 valence electrons. The van der Waals surface area contributed by atoms with Gasteiger partial charge in [0.15, 0.2) is 0 Å². The second-order valence-corrected chi connectivity index (χ2v) is 6.54. The van der Waals surface area contributed by atoms with Crippen LogP contribution < -0.4 is 0 Å². The minimum Gasteiger partial charge on any atom is -0.481 e. The number of carboxylic acids is 2. The van der Waals surface area contributed by atoms with Gasteiger partial charge in [-0.05, 0) is 38.0 Å². The summed E-state index contributed by atoms with van der Waals surface area (Å²) in [6.45, 7) is 2.37. The van der Waals surface area contributed by atoms with Gasteiger partial charge in [-0.2, -0.15) is 0 Å². The summed E-state index contributed by atoms with van der Waals surface area (Å²) in [5.74, 6) is -2.77. The van der Waals surface area contributed by atoms with E-state index in [0.717, 1.165) is 32.1 Å². The average molecular weight is 328 g/mol. The fourth-order valence-electron chi connectivity index (χ4n) is 3.17. The highest BCUT2D eigenvalue weighted by Crippen LogP contribution is 2.31. The van der Waals surface area contributed by atoms with Crippen molar-refractivity contribution in [2.45, 2.75) is 64.7 Å². The number of carbonyl (C=O) groups excluding carboxylic acids is 1. The van der Waals surface area contributed by atoms with E-state index in [0.29, 0.717) is 31.8 Å². The van der Waals surface area contributed by atoms with Crippen LogP contribution >= 0.6 is 0 Å². The molecule has 0 aromatic heterocycles. The van der Waals surface area contributed by atoms with Crippen LogP contribution in [0.3, 0.4) is 0 Å². The Morgan fingerprint density at radius 2 is 1.65 bits per heavy atom. The van der Waals surface area contributed by atoms with Crippen molar-refractivity contribution in [1.29, 1.82) is 0 Å². The van der Waals surface area contributed by atoms with Gasteiger partial charge in [0.25, 0.3) is 0 Å². The molecule has 6 nitrogen and oxygen atoms in total. The summed E-state index contributed by atoms with van der Waals surface area (Å²) in [6.07, 6.45) is 6.19. The van der Waals surface area contributed by atoms with E-state index < -0.39 is 23.8 Å². The molecule has 0 aliphatic heterocycles. The second-order valence-electron chi connectivity index (χ2n) is 6.54. The van der Waals surface area contributed by atoms with Gasteiger partial charge in [0.1, 0.15) is 0 Å². The van der Waals surface area contributed by atoms with Crippen molar-refractivity contribution in [3.63, 3.8) is 0 Å². The highest BCUT2D eigenvalue weighted by molar-refractivity contribution is 5.81. The molecule has 0 saturated heterocycles. The highest BCUT2D eigenvalue weighted by atomic mass is 16.5. The van der Waals surface area contributed by atoms with E-state index in [1.54, 1.807) is 0 Å². The van der Waals surface area contributed by atoms with Crippen molar-refractivity contribution >= 4 is 17.9 Å². The molecule has 1 aliphatic carbocycles. The minimum absolute atomic E-state index is 0.192. The molecule has 0 bridgehead atoms. The van der Waals surface area contributed by atoms with Crippen LogP contribution in [0, 0.1) is 17.8 Å². The molecule has 0 radical (unpaired) electrons. The van der Waals surface area contributed by atoms with Crippen molar-refractivity contribution in [3.05, 3.63) is 0 Å². The van der Waals surface area contributed by atoms with Crippen LogP contribution in [-0.2, 0) is 19.1 Å². The van der Waals surface area contributed by atoms with Crippen LogP contribution in [-0.4, -0.2) is 34.7 Å². The quantitative estimate of drug-likeness (QED) is 0.472. The SMILES string of the molecule is CC(CCCOC(=O)[C@H]1CCCC[C@H]1C(=O)O)CCCC(=O)O. The first-order valence-corrected chi connectivity index (χ1v) is 8.53. The maximum atomic E-state index is 12.1. The Bertz CT molecular complexity index is 406. The van der Waals surface area contributed by atoms with Crippen molar-refractivity contribution in [2.24, 2.45) is 17.8 Å². The third-order valence-electron chi connectivity index (χ3n) is 4.56. The van der Waals surface area contributed by atoms with Gasteiger partial charge in [-0.3, -0.25) is 14.4 Å². The zero-order chi connectivity index (χ0) is 17.2. The third kappa shape index (κ3) is 7.48. The number of hydrogen-bond donors (Lipinski definition) is 2. The van der Waals surface area contributed by atoms with Gasteiger partial charge in [-0.25, -0.2) is 0 Å². The Labute approximate surface area is 137 Å². The van der Waals surface area contributed by atoms with Gasteiger partial charge in [0.05, 0.1) is 18.4 Å². The monoisotopic (exact) mass is 328 g/mol. The Hall–Kier alpha value is -1.59. The van der Waals surface area contributed by atoms with E-state index in [1.165, 1.54) is 0 Å². The maximum absolute atomic E-state index is 12.1. The largest absolute Gasteiger partial charge is 0.481 e. The smallest absolute Gasteiger partial charge is 0.309 e. The summed E-state index contributed by atoms with van der Waals surface area (Å²) >= 11 is 0.